The second-order valence-electron chi connectivity index (χ2n) is 4.79. The van der Waals surface area contributed by atoms with Gasteiger partial charge < -0.3 is 20.7 Å². The number of carbonyl (C=O) groups is 3. The molecular weight excluding hydrogens is 278 g/mol. The number of aliphatic hydroxyl groups is 1. The third-order valence-corrected chi connectivity index (χ3v) is 3.33. The van der Waals surface area contributed by atoms with Gasteiger partial charge in [0.05, 0.1) is 18.1 Å². The number of ether oxygens (including phenoxy) is 1. The Balaban J connectivity index is 2.82. The number of rotatable bonds is 7. The fraction of sp³-hybridized carbons (Fsp3) is 0.538. The van der Waals surface area contributed by atoms with Crippen LogP contribution in [0, 0.1) is 11.8 Å². The highest BCUT2D eigenvalue weighted by molar-refractivity contribution is 6.62. The molecule has 0 spiro atoms. The fourth-order valence-corrected chi connectivity index (χ4v) is 2.14. The predicted molar refractivity (Wildman–Crippen MR) is 71.1 cm³/mol. The van der Waals surface area contributed by atoms with E-state index in [1.165, 1.54) is 19.9 Å². The van der Waals surface area contributed by atoms with Gasteiger partial charge in [-0.1, -0.05) is 19.6 Å². The molecular formula is C13H17N3O5. The molecule has 8 nitrogen and oxygen atoms in total. The third-order valence-electron chi connectivity index (χ3n) is 3.33. The molecule has 0 radical (unpaired) electrons. The van der Waals surface area contributed by atoms with Crippen LogP contribution in [0.3, 0.4) is 0 Å². The van der Waals surface area contributed by atoms with Crippen LogP contribution in [-0.4, -0.2) is 52.0 Å². The van der Waals surface area contributed by atoms with E-state index in [1.807, 2.05) is 0 Å². The summed E-state index contributed by atoms with van der Waals surface area (Å²) in [5.41, 5.74) is 8.06. The minimum absolute atomic E-state index is 0.129. The van der Waals surface area contributed by atoms with Crippen LogP contribution in [0.5, 0.6) is 0 Å². The average molecular weight is 295 g/mol. The fourth-order valence-electron chi connectivity index (χ4n) is 2.14. The zero-order chi connectivity index (χ0) is 16.2. The lowest BCUT2D eigenvalue weighted by Gasteiger charge is -2.40. The van der Waals surface area contributed by atoms with Crippen molar-refractivity contribution in [2.24, 2.45) is 11.8 Å². The van der Waals surface area contributed by atoms with Crippen molar-refractivity contribution in [3.8, 4) is 0 Å². The molecule has 2 N–H and O–H groups in total. The van der Waals surface area contributed by atoms with Crippen molar-refractivity contribution < 1.29 is 29.0 Å². The molecule has 0 aromatic carbocycles. The molecule has 114 valence electrons. The van der Waals surface area contributed by atoms with Gasteiger partial charge in [-0.15, -0.1) is 0 Å². The number of aliphatic hydroxyl groups excluding tert-OH is 1. The van der Waals surface area contributed by atoms with Gasteiger partial charge in [0, 0.05) is 5.92 Å². The number of nitrogens with one attached hydrogen (secondary N) is 1. The average Bonchev–Trinajstić information content (AvgIpc) is 2.41. The zero-order valence-corrected chi connectivity index (χ0v) is 11.8. The molecule has 0 saturated carbocycles. The summed E-state index contributed by atoms with van der Waals surface area (Å²) in [5.74, 6) is -3.81. The van der Waals surface area contributed by atoms with Crippen LogP contribution in [0.4, 0.5) is 0 Å². The molecule has 1 fully saturated rings. The number of hydrogen-bond donors (Lipinski definition) is 2. The lowest BCUT2D eigenvalue weighted by atomic mass is 9.76. The van der Waals surface area contributed by atoms with E-state index < -0.39 is 41.4 Å². The van der Waals surface area contributed by atoms with E-state index in [4.69, 9.17) is 5.53 Å². The van der Waals surface area contributed by atoms with Crippen LogP contribution in [0.15, 0.2) is 12.7 Å². The van der Waals surface area contributed by atoms with Crippen LogP contribution in [0.1, 0.15) is 13.8 Å². The Labute approximate surface area is 121 Å². The first kappa shape index (κ1) is 16.7. The van der Waals surface area contributed by atoms with Gasteiger partial charge in [0.1, 0.15) is 6.61 Å². The molecule has 1 aliphatic heterocycles. The van der Waals surface area contributed by atoms with Crippen molar-refractivity contribution in [2.75, 3.05) is 6.61 Å². The number of amides is 1. The quantitative estimate of drug-likeness (QED) is 0.119. The topological polar surface area (TPSA) is 129 Å². The second-order valence-corrected chi connectivity index (χ2v) is 4.79. The van der Waals surface area contributed by atoms with Gasteiger partial charge in [-0.3, -0.25) is 9.59 Å². The Morgan fingerprint density at radius 1 is 1.57 bits per heavy atom. The molecule has 0 aromatic heterocycles. The molecule has 21 heavy (non-hydrogen) atoms. The maximum atomic E-state index is 12.1. The van der Waals surface area contributed by atoms with E-state index in [9.17, 15) is 19.5 Å². The van der Waals surface area contributed by atoms with Crippen LogP contribution in [0.25, 0.3) is 5.53 Å². The van der Waals surface area contributed by atoms with Crippen molar-refractivity contribution in [2.45, 2.75) is 26.0 Å². The summed E-state index contributed by atoms with van der Waals surface area (Å²) in [6, 6.07) is -0.631. The summed E-state index contributed by atoms with van der Waals surface area (Å²) in [6.45, 7) is 6.12. The van der Waals surface area contributed by atoms with Crippen molar-refractivity contribution in [3.05, 3.63) is 18.2 Å². The van der Waals surface area contributed by atoms with Gasteiger partial charge >= 0.3 is 11.7 Å². The molecule has 4 unspecified atom stereocenters. The van der Waals surface area contributed by atoms with Gasteiger partial charge in [-0.2, -0.15) is 4.79 Å². The molecule has 1 amide bonds. The highest BCUT2D eigenvalue weighted by atomic mass is 16.5. The van der Waals surface area contributed by atoms with Gasteiger partial charge in [0.15, 0.2) is 0 Å². The van der Waals surface area contributed by atoms with Crippen molar-refractivity contribution in [1.82, 2.24) is 5.32 Å². The molecule has 0 aromatic rings. The first-order valence-corrected chi connectivity index (χ1v) is 6.37. The maximum absolute atomic E-state index is 12.1. The Bertz CT molecular complexity index is 522. The molecule has 8 heteroatoms. The van der Waals surface area contributed by atoms with E-state index in [1.54, 1.807) is 0 Å². The molecule has 1 rings (SSSR count). The standard InChI is InChI=1S/C13H17N3O5/c1-4-5-21-13(20)10(16-14)11(18)6(2)9-8(7(3)17)12(19)15-9/h4,6-9,17H,1,5H2,2-3H3,(H,15,19). The van der Waals surface area contributed by atoms with E-state index >= 15 is 0 Å². The normalized spacial score (nSPS) is 22.9. The number of esters is 1. The number of ketones is 1. The lowest BCUT2D eigenvalue weighted by Crippen LogP contribution is -2.66. The minimum atomic E-state index is -1.08. The van der Waals surface area contributed by atoms with Crippen molar-refractivity contribution >= 4 is 23.4 Å². The lowest BCUT2D eigenvalue weighted by molar-refractivity contribution is -0.145. The molecule has 0 bridgehead atoms. The first-order valence-electron chi connectivity index (χ1n) is 6.37. The van der Waals surface area contributed by atoms with Crippen LogP contribution in [-0.2, 0) is 19.1 Å². The largest absolute Gasteiger partial charge is 0.453 e. The smallest absolute Gasteiger partial charge is 0.441 e. The molecule has 0 aliphatic carbocycles. The molecule has 1 saturated heterocycles. The van der Waals surface area contributed by atoms with Gasteiger partial charge in [0.2, 0.25) is 5.91 Å². The summed E-state index contributed by atoms with van der Waals surface area (Å²) in [6.07, 6.45) is 0.373. The van der Waals surface area contributed by atoms with E-state index in [-0.39, 0.29) is 12.5 Å². The first-order chi connectivity index (χ1) is 9.84. The van der Waals surface area contributed by atoms with Crippen molar-refractivity contribution in [3.63, 3.8) is 0 Å². The molecule has 1 heterocycles. The number of carbonyl (C=O) groups excluding carboxylic acids is 3. The summed E-state index contributed by atoms with van der Waals surface area (Å²) < 4.78 is 4.64. The number of Topliss-reactive ketones (excluding diaryl/α,β-unsaturated/α-hetero) is 1. The SMILES string of the molecule is C=CCOC(=O)C(=[N+]=[N-])C(=O)C(C)C1NC(=O)C1C(C)O. The molecule has 4 atom stereocenters. The molecule has 1 aliphatic rings. The van der Waals surface area contributed by atoms with Gasteiger partial charge in [-0.05, 0) is 6.92 Å². The van der Waals surface area contributed by atoms with Crippen LogP contribution >= 0.6 is 0 Å². The van der Waals surface area contributed by atoms with E-state index in [0.717, 1.165) is 0 Å². The maximum Gasteiger partial charge on any atom is 0.441 e. The Kier molecular flexibility index (Phi) is 5.52. The second kappa shape index (κ2) is 6.92. The highest BCUT2D eigenvalue weighted by Crippen LogP contribution is 2.26. The Morgan fingerprint density at radius 3 is 2.62 bits per heavy atom. The van der Waals surface area contributed by atoms with Crippen molar-refractivity contribution in [1.29, 1.82) is 0 Å². The van der Waals surface area contributed by atoms with E-state index in [2.05, 4.69) is 21.4 Å². The van der Waals surface area contributed by atoms with Gasteiger partial charge in [0.25, 0.3) is 5.78 Å². The summed E-state index contributed by atoms with van der Waals surface area (Å²) in [4.78, 5) is 37.7. The monoisotopic (exact) mass is 295 g/mol. The van der Waals surface area contributed by atoms with Gasteiger partial charge in [-0.25, -0.2) is 4.79 Å². The Morgan fingerprint density at radius 2 is 2.19 bits per heavy atom. The summed E-state index contributed by atoms with van der Waals surface area (Å²) in [7, 11) is 0. The van der Waals surface area contributed by atoms with Crippen LogP contribution in [0.2, 0.25) is 0 Å². The summed E-state index contributed by atoms with van der Waals surface area (Å²) in [5, 5.41) is 12.0. The van der Waals surface area contributed by atoms with E-state index in [0.29, 0.717) is 0 Å². The zero-order valence-electron chi connectivity index (χ0n) is 11.8. The third kappa shape index (κ3) is 3.42. The number of hydrogen-bond acceptors (Lipinski definition) is 5. The van der Waals surface area contributed by atoms with Crippen LogP contribution < -0.4 is 5.32 Å². The summed E-state index contributed by atoms with van der Waals surface area (Å²) >= 11 is 0. The predicted octanol–water partition coefficient (Wildman–Crippen LogP) is -0.913. The highest BCUT2D eigenvalue weighted by Gasteiger charge is 2.50. The Hall–Kier alpha value is -2.31. The number of β-lactam (4-membered cyclic amide) rings is 1. The number of nitrogens with zero attached hydrogens (tertiary/aromatic N) is 2. The minimum Gasteiger partial charge on any atom is -0.453 e.